The van der Waals surface area contributed by atoms with E-state index < -0.39 is 0 Å². The zero-order valence-corrected chi connectivity index (χ0v) is 12.0. The van der Waals surface area contributed by atoms with E-state index in [1.54, 1.807) is 0 Å². The summed E-state index contributed by atoms with van der Waals surface area (Å²) in [4.78, 5) is 6.84. The van der Waals surface area contributed by atoms with Crippen LogP contribution in [0.3, 0.4) is 0 Å². The topological polar surface area (TPSA) is 47.1 Å². The predicted molar refractivity (Wildman–Crippen MR) is 74.4 cm³/mol. The molecular weight excluding hydrogens is 224 g/mol. The van der Waals surface area contributed by atoms with Gasteiger partial charge in [-0.15, -0.1) is 0 Å². The molecule has 0 saturated carbocycles. The van der Waals surface area contributed by atoms with Crippen LogP contribution in [0.15, 0.2) is 12.5 Å². The Hall–Kier alpha value is -0.870. The Kier molecular flexibility index (Phi) is 4.07. The average Bonchev–Trinajstić information content (AvgIpc) is 2.84. The molecule has 0 radical (unpaired) electrons. The van der Waals surface area contributed by atoms with Gasteiger partial charge in [0, 0.05) is 31.4 Å². The first-order valence-corrected chi connectivity index (χ1v) is 7.02. The largest absolute Gasteiger partial charge is 0.331 e. The molecule has 1 aromatic heterocycles. The molecule has 2 atom stereocenters. The zero-order chi connectivity index (χ0) is 13.3. The number of nitrogens with zero attached hydrogens (tertiary/aromatic N) is 3. The van der Waals surface area contributed by atoms with Crippen molar-refractivity contribution >= 4 is 0 Å². The monoisotopic (exact) mass is 250 g/mol. The lowest BCUT2D eigenvalue weighted by molar-refractivity contribution is 0.212. The first kappa shape index (κ1) is 13.6. The standard InChI is InChI=1S/C14H26N4/c1-10(2)8-17-6-5-12(15)14(17)13-7-16-9-18(13)11(3)4/h7,9-12,14H,5-6,8,15H2,1-4H3. The summed E-state index contributed by atoms with van der Waals surface area (Å²) in [6.07, 6.45) is 5.00. The third-order valence-corrected chi connectivity index (χ3v) is 3.70. The first-order chi connectivity index (χ1) is 8.50. The molecule has 4 nitrogen and oxygen atoms in total. The highest BCUT2D eigenvalue weighted by molar-refractivity contribution is 5.12. The van der Waals surface area contributed by atoms with Gasteiger partial charge in [0.15, 0.2) is 0 Å². The summed E-state index contributed by atoms with van der Waals surface area (Å²) >= 11 is 0. The van der Waals surface area contributed by atoms with Gasteiger partial charge in [-0.25, -0.2) is 4.98 Å². The van der Waals surface area contributed by atoms with E-state index in [2.05, 4.69) is 42.1 Å². The Morgan fingerprint density at radius 1 is 1.39 bits per heavy atom. The fourth-order valence-electron chi connectivity index (χ4n) is 2.94. The van der Waals surface area contributed by atoms with Gasteiger partial charge in [-0.2, -0.15) is 0 Å². The smallest absolute Gasteiger partial charge is 0.0951 e. The minimum Gasteiger partial charge on any atom is -0.331 e. The van der Waals surface area contributed by atoms with Crippen LogP contribution in [-0.4, -0.2) is 33.6 Å². The quantitative estimate of drug-likeness (QED) is 0.891. The molecule has 18 heavy (non-hydrogen) atoms. The summed E-state index contributed by atoms with van der Waals surface area (Å²) in [6.45, 7) is 11.1. The maximum absolute atomic E-state index is 6.32. The van der Waals surface area contributed by atoms with Crippen LogP contribution in [0.4, 0.5) is 0 Å². The molecule has 2 unspecified atom stereocenters. The Morgan fingerprint density at radius 2 is 2.11 bits per heavy atom. The number of likely N-dealkylation sites (tertiary alicyclic amines) is 1. The molecule has 2 heterocycles. The van der Waals surface area contributed by atoms with E-state index in [1.165, 1.54) is 5.69 Å². The van der Waals surface area contributed by atoms with Crippen molar-refractivity contribution < 1.29 is 0 Å². The van der Waals surface area contributed by atoms with Crippen molar-refractivity contribution in [1.29, 1.82) is 0 Å². The van der Waals surface area contributed by atoms with Crippen LogP contribution in [0.25, 0.3) is 0 Å². The van der Waals surface area contributed by atoms with Gasteiger partial charge in [-0.1, -0.05) is 13.8 Å². The van der Waals surface area contributed by atoms with Crippen molar-refractivity contribution in [2.45, 2.75) is 52.2 Å². The molecule has 0 aliphatic carbocycles. The molecule has 1 aliphatic rings. The summed E-state index contributed by atoms with van der Waals surface area (Å²) in [5.74, 6) is 0.674. The van der Waals surface area contributed by atoms with Crippen molar-refractivity contribution in [3.63, 3.8) is 0 Å². The molecule has 102 valence electrons. The van der Waals surface area contributed by atoms with E-state index >= 15 is 0 Å². The molecule has 1 aromatic rings. The molecule has 0 aromatic carbocycles. The summed E-state index contributed by atoms with van der Waals surface area (Å²) in [5, 5.41) is 0. The van der Waals surface area contributed by atoms with Crippen LogP contribution in [0, 0.1) is 5.92 Å². The van der Waals surface area contributed by atoms with Gasteiger partial charge in [0.1, 0.15) is 0 Å². The lowest BCUT2D eigenvalue weighted by Gasteiger charge is -2.29. The second-order valence-corrected chi connectivity index (χ2v) is 6.11. The van der Waals surface area contributed by atoms with E-state index in [9.17, 15) is 0 Å². The van der Waals surface area contributed by atoms with Crippen molar-refractivity contribution in [3.05, 3.63) is 18.2 Å². The third kappa shape index (κ3) is 2.59. The SMILES string of the molecule is CC(C)CN1CCC(N)C1c1cncn1C(C)C. The predicted octanol–water partition coefficient (Wildman–Crippen LogP) is 2.19. The second-order valence-electron chi connectivity index (χ2n) is 6.11. The van der Waals surface area contributed by atoms with Crippen molar-refractivity contribution in [2.24, 2.45) is 11.7 Å². The fourth-order valence-corrected chi connectivity index (χ4v) is 2.94. The second kappa shape index (κ2) is 5.41. The lowest BCUT2D eigenvalue weighted by atomic mass is 10.1. The molecular formula is C14H26N4. The Balaban J connectivity index is 2.25. The van der Waals surface area contributed by atoms with Crippen LogP contribution in [-0.2, 0) is 0 Å². The number of rotatable bonds is 4. The van der Waals surface area contributed by atoms with E-state index in [4.69, 9.17) is 5.73 Å². The molecule has 4 heteroatoms. The molecule has 0 bridgehead atoms. The van der Waals surface area contributed by atoms with Crippen molar-refractivity contribution in [2.75, 3.05) is 13.1 Å². The van der Waals surface area contributed by atoms with Crippen LogP contribution in [0.1, 0.15) is 51.9 Å². The van der Waals surface area contributed by atoms with E-state index in [-0.39, 0.29) is 6.04 Å². The van der Waals surface area contributed by atoms with Gasteiger partial charge in [0.2, 0.25) is 0 Å². The lowest BCUT2D eigenvalue weighted by Crippen LogP contribution is -2.35. The Morgan fingerprint density at radius 3 is 2.72 bits per heavy atom. The number of aromatic nitrogens is 2. The van der Waals surface area contributed by atoms with Crippen LogP contribution in [0.2, 0.25) is 0 Å². The van der Waals surface area contributed by atoms with E-state index in [0.29, 0.717) is 18.0 Å². The molecule has 2 N–H and O–H groups in total. The van der Waals surface area contributed by atoms with Crippen LogP contribution >= 0.6 is 0 Å². The normalized spacial score (nSPS) is 25.5. The van der Waals surface area contributed by atoms with Crippen LogP contribution < -0.4 is 5.73 Å². The van der Waals surface area contributed by atoms with Crippen LogP contribution in [0.5, 0.6) is 0 Å². The molecule has 1 aliphatic heterocycles. The number of hydrogen-bond donors (Lipinski definition) is 1. The third-order valence-electron chi connectivity index (χ3n) is 3.70. The molecule has 2 rings (SSSR count). The van der Waals surface area contributed by atoms with Gasteiger partial charge >= 0.3 is 0 Å². The maximum atomic E-state index is 6.32. The van der Waals surface area contributed by atoms with Gasteiger partial charge in [0.25, 0.3) is 0 Å². The van der Waals surface area contributed by atoms with Gasteiger partial charge in [0.05, 0.1) is 18.1 Å². The van der Waals surface area contributed by atoms with Crippen molar-refractivity contribution in [3.8, 4) is 0 Å². The molecule has 1 fully saturated rings. The zero-order valence-electron chi connectivity index (χ0n) is 12.0. The maximum Gasteiger partial charge on any atom is 0.0951 e. The fraction of sp³-hybridized carbons (Fsp3) is 0.786. The number of hydrogen-bond acceptors (Lipinski definition) is 3. The first-order valence-electron chi connectivity index (χ1n) is 7.02. The highest BCUT2D eigenvalue weighted by Crippen LogP contribution is 2.32. The summed E-state index contributed by atoms with van der Waals surface area (Å²) in [6, 6.07) is 1.01. The minimum absolute atomic E-state index is 0.234. The number of nitrogens with two attached hydrogens (primary N) is 1. The highest BCUT2D eigenvalue weighted by atomic mass is 15.2. The van der Waals surface area contributed by atoms with Crippen molar-refractivity contribution in [1.82, 2.24) is 14.5 Å². The van der Waals surface area contributed by atoms with Gasteiger partial charge in [-0.05, 0) is 26.2 Å². The summed E-state index contributed by atoms with van der Waals surface area (Å²) < 4.78 is 2.25. The van der Waals surface area contributed by atoms with Gasteiger partial charge < -0.3 is 10.3 Å². The highest BCUT2D eigenvalue weighted by Gasteiger charge is 2.35. The molecule has 0 spiro atoms. The van der Waals surface area contributed by atoms with E-state index in [1.807, 2.05) is 12.5 Å². The Bertz CT molecular complexity index is 383. The Labute approximate surface area is 110 Å². The summed E-state index contributed by atoms with van der Waals surface area (Å²) in [7, 11) is 0. The van der Waals surface area contributed by atoms with E-state index in [0.717, 1.165) is 19.5 Å². The average molecular weight is 250 g/mol. The summed E-state index contributed by atoms with van der Waals surface area (Å²) in [5.41, 5.74) is 7.60. The minimum atomic E-state index is 0.234. The molecule has 0 amide bonds. The number of imidazole rings is 1. The van der Waals surface area contributed by atoms with Gasteiger partial charge in [-0.3, -0.25) is 4.90 Å². The molecule has 1 saturated heterocycles.